The molecule has 2 heterocycles. The number of rotatable bonds is 2. The first-order valence-corrected chi connectivity index (χ1v) is 9.01. The van der Waals surface area contributed by atoms with Crippen LogP contribution >= 0.6 is 11.6 Å². The van der Waals surface area contributed by atoms with Crippen LogP contribution in [0.1, 0.15) is 55.4 Å². The average Bonchev–Trinajstić information content (AvgIpc) is 2.55. The summed E-state index contributed by atoms with van der Waals surface area (Å²) in [7, 11) is 0. The Kier molecular flexibility index (Phi) is 4.80. The predicted octanol–water partition coefficient (Wildman–Crippen LogP) is 3.49. The van der Waals surface area contributed by atoms with E-state index in [-0.39, 0.29) is 11.0 Å². The van der Waals surface area contributed by atoms with Gasteiger partial charge < -0.3 is 10.4 Å². The summed E-state index contributed by atoms with van der Waals surface area (Å²) in [4.78, 5) is 29.4. The number of carbonyl (C=O) groups excluding carboxylic acids is 1. The van der Waals surface area contributed by atoms with Crippen LogP contribution in [-0.2, 0) is 18.4 Å². The topological polar surface area (TPSA) is 84.2 Å². The number of anilines is 1. The zero-order chi connectivity index (χ0) is 19.1. The fraction of sp³-hybridized carbons (Fsp3) is 0.421. The van der Waals surface area contributed by atoms with E-state index >= 15 is 0 Å². The molecule has 0 fully saturated rings. The van der Waals surface area contributed by atoms with E-state index in [9.17, 15) is 14.7 Å². The van der Waals surface area contributed by atoms with Crippen molar-refractivity contribution in [1.29, 1.82) is 0 Å². The number of benzene rings is 1. The summed E-state index contributed by atoms with van der Waals surface area (Å²) in [6, 6.07) is 5.35. The first kappa shape index (κ1) is 18.5. The third-order valence-electron chi connectivity index (χ3n) is 4.54. The van der Waals surface area contributed by atoms with Crippen molar-refractivity contribution in [2.45, 2.75) is 52.0 Å². The molecule has 0 bridgehead atoms. The minimum absolute atomic E-state index is 0.202. The van der Waals surface area contributed by atoms with Gasteiger partial charge in [-0.05, 0) is 29.9 Å². The maximum atomic E-state index is 12.7. The van der Waals surface area contributed by atoms with E-state index in [4.69, 9.17) is 11.6 Å². The van der Waals surface area contributed by atoms with Crippen LogP contribution in [0.15, 0.2) is 23.0 Å². The molecule has 26 heavy (non-hydrogen) atoms. The molecule has 1 aliphatic rings. The second-order valence-electron chi connectivity index (χ2n) is 7.51. The Morgan fingerprint density at radius 3 is 2.73 bits per heavy atom. The van der Waals surface area contributed by atoms with Gasteiger partial charge in [0.05, 0.1) is 10.7 Å². The molecule has 1 aliphatic heterocycles. The van der Waals surface area contributed by atoms with Crippen molar-refractivity contribution in [2.75, 3.05) is 5.32 Å². The second-order valence-corrected chi connectivity index (χ2v) is 7.89. The molecule has 0 saturated heterocycles. The van der Waals surface area contributed by atoms with E-state index < -0.39 is 17.3 Å². The minimum atomic E-state index is -0.714. The van der Waals surface area contributed by atoms with Crippen molar-refractivity contribution < 1.29 is 9.90 Å². The number of nitrogens with zero attached hydrogens (tertiary/aromatic N) is 2. The summed E-state index contributed by atoms with van der Waals surface area (Å²) in [6.07, 6.45) is 2.37. The zero-order valence-corrected chi connectivity index (χ0v) is 15.9. The van der Waals surface area contributed by atoms with Crippen LogP contribution < -0.4 is 10.9 Å². The monoisotopic (exact) mass is 375 g/mol. The van der Waals surface area contributed by atoms with E-state index in [1.54, 1.807) is 12.1 Å². The Labute approximate surface area is 156 Å². The van der Waals surface area contributed by atoms with Crippen molar-refractivity contribution in [2.24, 2.45) is 0 Å². The van der Waals surface area contributed by atoms with Gasteiger partial charge in [0.15, 0.2) is 5.56 Å². The van der Waals surface area contributed by atoms with E-state index in [1.807, 2.05) is 26.8 Å². The van der Waals surface area contributed by atoms with Crippen molar-refractivity contribution in [1.82, 2.24) is 9.55 Å². The first-order valence-electron chi connectivity index (χ1n) is 8.63. The van der Waals surface area contributed by atoms with Gasteiger partial charge in [-0.15, -0.1) is 0 Å². The quantitative estimate of drug-likeness (QED) is 0.841. The highest BCUT2D eigenvalue weighted by atomic mass is 35.5. The Hall–Kier alpha value is -2.34. The molecule has 1 aromatic heterocycles. The van der Waals surface area contributed by atoms with Gasteiger partial charge in [-0.3, -0.25) is 14.2 Å². The van der Waals surface area contributed by atoms with Crippen LogP contribution in [0.5, 0.6) is 5.88 Å². The molecular formula is C19H22ClN3O3. The molecule has 0 radical (unpaired) electrons. The van der Waals surface area contributed by atoms with Gasteiger partial charge in [-0.25, -0.2) is 0 Å². The van der Waals surface area contributed by atoms with Gasteiger partial charge in [-0.2, -0.15) is 4.98 Å². The van der Waals surface area contributed by atoms with E-state index in [0.29, 0.717) is 29.5 Å². The lowest BCUT2D eigenvalue weighted by atomic mass is 9.87. The Balaban J connectivity index is 1.99. The summed E-state index contributed by atoms with van der Waals surface area (Å²) < 4.78 is 1.46. The van der Waals surface area contributed by atoms with Crippen molar-refractivity contribution in [3.63, 3.8) is 0 Å². The van der Waals surface area contributed by atoms with E-state index in [1.165, 1.54) is 4.57 Å². The first-order chi connectivity index (χ1) is 12.2. The second kappa shape index (κ2) is 6.76. The van der Waals surface area contributed by atoms with Crippen molar-refractivity contribution in [3.8, 4) is 5.88 Å². The van der Waals surface area contributed by atoms with Crippen LogP contribution in [0.2, 0.25) is 5.02 Å². The number of aromatic nitrogens is 2. The standard InChI is InChI=1S/C19H22ClN3O3/c1-19(2,3)11-7-6-8-12(15(11)20)21-16(24)14-17(25)22-13-9-4-5-10-23(13)18(14)26/h6-8,25H,4-5,9-10H2,1-3H3,(H,21,24). The van der Waals surface area contributed by atoms with Crippen molar-refractivity contribution in [3.05, 3.63) is 50.5 Å². The number of carbonyl (C=O) groups is 1. The molecule has 2 N–H and O–H groups in total. The molecule has 0 saturated carbocycles. The molecule has 0 unspecified atom stereocenters. The van der Waals surface area contributed by atoms with E-state index in [2.05, 4.69) is 10.3 Å². The van der Waals surface area contributed by atoms with Crippen LogP contribution in [0.25, 0.3) is 0 Å². The number of nitrogens with one attached hydrogen (secondary N) is 1. The van der Waals surface area contributed by atoms with Crippen molar-refractivity contribution >= 4 is 23.2 Å². The van der Waals surface area contributed by atoms with E-state index in [0.717, 1.165) is 18.4 Å². The summed E-state index contributed by atoms with van der Waals surface area (Å²) in [5, 5.41) is 13.2. The molecule has 138 valence electrons. The van der Waals surface area contributed by atoms with Gasteiger partial charge >= 0.3 is 0 Å². The molecule has 0 atom stereocenters. The SMILES string of the molecule is CC(C)(C)c1cccc(NC(=O)c2c(O)nc3n(c2=O)CCCC3)c1Cl. The lowest BCUT2D eigenvalue weighted by Gasteiger charge is -2.22. The van der Waals surface area contributed by atoms with Gasteiger partial charge in [0.25, 0.3) is 11.5 Å². The smallest absolute Gasteiger partial charge is 0.270 e. The fourth-order valence-electron chi connectivity index (χ4n) is 3.15. The summed E-state index contributed by atoms with van der Waals surface area (Å²) in [6.45, 7) is 6.56. The maximum Gasteiger partial charge on any atom is 0.270 e. The van der Waals surface area contributed by atoms with Crippen LogP contribution in [-0.4, -0.2) is 20.6 Å². The Morgan fingerprint density at radius 2 is 2.04 bits per heavy atom. The number of hydrogen-bond acceptors (Lipinski definition) is 4. The maximum absolute atomic E-state index is 12.7. The predicted molar refractivity (Wildman–Crippen MR) is 101 cm³/mol. The average molecular weight is 376 g/mol. The minimum Gasteiger partial charge on any atom is -0.493 e. The molecule has 3 rings (SSSR count). The molecule has 6 nitrogen and oxygen atoms in total. The number of hydrogen-bond donors (Lipinski definition) is 2. The number of aromatic hydroxyl groups is 1. The molecule has 7 heteroatoms. The molecular weight excluding hydrogens is 354 g/mol. The number of amides is 1. The van der Waals surface area contributed by atoms with Gasteiger partial charge in [-0.1, -0.05) is 44.5 Å². The lowest BCUT2D eigenvalue weighted by Crippen LogP contribution is -2.34. The summed E-state index contributed by atoms with van der Waals surface area (Å²) >= 11 is 6.44. The Bertz CT molecular complexity index is 929. The van der Waals surface area contributed by atoms with Crippen LogP contribution in [0, 0.1) is 0 Å². The molecule has 0 spiro atoms. The van der Waals surface area contributed by atoms with Gasteiger partial charge in [0, 0.05) is 13.0 Å². The summed E-state index contributed by atoms with van der Waals surface area (Å²) in [5.41, 5.74) is 0.195. The molecule has 0 aliphatic carbocycles. The largest absolute Gasteiger partial charge is 0.493 e. The highest BCUT2D eigenvalue weighted by molar-refractivity contribution is 6.34. The van der Waals surface area contributed by atoms with Crippen LogP contribution in [0.4, 0.5) is 5.69 Å². The highest BCUT2D eigenvalue weighted by Crippen LogP contribution is 2.34. The third kappa shape index (κ3) is 3.33. The van der Waals surface area contributed by atoms with Gasteiger partial charge in [0.1, 0.15) is 5.82 Å². The lowest BCUT2D eigenvalue weighted by molar-refractivity contribution is 0.102. The summed E-state index contributed by atoms with van der Waals surface area (Å²) in [5.74, 6) is -0.736. The Morgan fingerprint density at radius 1 is 1.31 bits per heavy atom. The number of halogens is 1. The van der Waals surface area contributed by atoms with Crippen LogP contribution in [0.3, 0.4) is 0 Å². The molecule has 1 amide bonds. The zero-order valence-electron chi connectivity index (χ0n) is 15.1. The number of fused-ring (bicyclic) bond motifs is 1. The molecule has 1 aromatic carbocycles. The van der Waals surface area contributed by atoms with Gasteiger partial charge in [0.2, 0.25) is 5.88 Å². The third-order valence-corrected chi connectivity index (χ3v) is 4.95. The number of aryl methyl sites for hydroxylation is 1. The highest BCUT2D eigenvalue weighted by Gasteiger charge is 2.25. The fourth-order valence-corrected chi connectivity index (χ4v) is 3.61. The normalized spacial score (nSPS) is 14.0. The molecule has 2 aromatic rings.